The Hall–Kier alpha value is -2.29. The molecule has 25 heavy (non-hydrogen) atoms. The van der Waals surface area contributed by atoms with Crippen LogP contribution in [0.2, 0.25) is 0 Å². The quantitative estimate of drug-likeness (QED) is 0.750. The molecule has 2 aromatic carbocycles. The molecule has 0 aliphatic heterocycles. The zero-order valence-electron chi connectivity index (χ0n) is 16.0. The van der Waals surface area contributed by atoms with Crippen molar-refractivity contribution in [1.82, 2.24) is 0 Å². The van der Waals surface area contributed by atoms with Crippen LogP contribution in [0.25, 0.3) is 0 Å². The fraction of sp³-hybridized carbons (Fsp3) is 0.409. The van der Waals surface area contributed by atoms with E-state index < -0.39 is 6.10 Å². The third kappa shape index (κ3) is 4.85. The number of benzene rings is 2. The molecule has 1 atom stereocenters. The Morgan fingerprint density at radius 3 is 2.04 bits per heavy atom. The highest BCUT2D eigenvalue weighted by Gasteiger charge is 2.20. The summed E-state index contributed by atoms with van der Waals surface area (Å²) in [5.41, 5.74) is 5.53. The monoisotopic (exact) mass is 339 g/mol. The van der Waals surface area contributed by atoms with Crippen molar-refractivity contribution in [3.63, 3.8) is 0 Å². The average Bonchev–Trinajstić information content (AvgIpc) is 2.58. The van der Waals surface area contributed by atoms with Crippen LogP contribution in [0, 0.1) is 13.8 Å². The van der Waals surface area contributed by atoms with Crippen molar-refractivity contribution in [2.24, 2.45) is 0 Å². The van der Waals surface area contributed by atoms with Gasteiger partial charge in [0.25, 0.3) is 5.91 Å². The molecule has 3 heteroatoms. The van der Waals surface area contributed by atoms with Crippen molar-refractivity contribution in [1.29, 1.82) is 0 Å². The molecule has 1 amide bonds. The van der Waals surface area contributed by atoms with Gasteiger partial charge in [-0.25, -0.2) is 0 Å². The number of hydrogen-bond acceptors (Lipinski definition) is 2. The molecular formula is C22H29NO2. The lowest BCUT2D eigenvalue weighted by Crippen LogP contribution is -2.33. The smallest absolute Gasteiger partial charge is 0.265 e. The van der Waals surface area contributed by atoms with E-state index in [4.69, 9.17) is 4.74 Å². The van der Waals surface area contributed by atoms with Gasteiger partial charge in [0.2, 0.25) is 0 Å². The standard InChI is InChI=1S/C22H29NO2/c1-6-17-10-9-11-18(7-2)21(17)23-22(24)20(8-3)25-19-13-15(4)12-16(5)14-19/h9-14,20H,6-8H2,1-5H3,(H,23,24). The fourth-order valence-electron chi connectivity index (χ4n) is 3.09. The second-order valence-corrected chi connectivity index (χ2v) is 6.49. The number of rotatable bonds is 7. The second kappa shape index (κ2) is 8.70. The van der Waals surface area contributed by atoms with Crippen LogP contribution in [0.1, 0.15) is 49.4 Å². The maximum absolute atomic E-state index is 12.8. The highest BCUT2D eigenvalue weighted by Crippen LogP contribution is 2.24. The summed E-state index contributed by atoms with van der Waals surface area (Å²) < 4.78 is 5.99. The first-order valence-corrected chi connectivity index (χ1v) is 9.15. The lowest BCUT2D eigenvalue weighted by molar-refractivity contribution is -0.122. The number of aryl methyl sites for hydroxylation is 4. The zero-order chi connectivity index (χ0) is 18.4. The highest BCUT2D eigenvalue weighted by atomic mass is 16.5. The minimum absolute atomic E-state index is 0.0859. The first kappa shape index (κ1) is 19.0. The van der Waals surface area contributed by atoms with Gasteiger partial charge in [-0.05, 0) is 67.5 Å². The molecule has 0 heterocycles. The van der Waals surface area contributed by atoms with Crippen LogP contribution in [0.3, 0.4) is 0 Å². The number of para-hydroxylation sites is 1. The van der Waals surface area contributed by atoms with Crippen LogP contribution in [0.5, 0.6) is 5.75 Å². The van der Waals surface area contributed by atoms with E-state index in [-0.39, 0.29) is 5.91 Å². The molecule has 134 valence electrons. The molecule has 1 unspecified atom stereocenters. The number of nitrogens with one attached hydrogen (secondary N) is 1. The van der Waals surface area contributed by atoms with Crippen LogP contribution < -0.4 is 10.1 Å². The van der Waals surface area contributed by atoms with E-state index in [1.807, 2.05) is 32.9 Å². The molecule has 0 fully saturated rings. The Balaban J connectivity index is 2.20. The molecule has 1 N–H and O–H groups in total. The first-order chi connectivity index (χ1) is 12.0. The van der Waals surface area contributed by atoms with E-state index in [2.05, 4.69) is 43.4 Å². The summed E-state index contributed by atoms with van der Waals surface area (Å²) in [6.45, 7) is 10.2. The summed E-state index contributed by atoms with van der Waals surface area (Å²) in [4.78, 5) is 12.8. The summed E-state index contributed by atoms with van der Waals surface area (Å²) >= 11 is 0. The summed E-state index contributed by atoms with van der Waals surface area (Å²) in [6.07, 6.45) is 1.89. The molecule has 0 saturated heterocycles. The van der Waals surface area contributed by atoms with Crippen molar-refractivity contribution in [2.45, 2.75) is 60.0 Å². The van der Waals surface area contributed by atoms with Gasteiger partial charge in [-0.3, -0.25) is 4.79 Å². The molecule has 3 nitrogen and oxygen atoms in total. The highest BCUT2D eigenvalue weighted by molar-refractivity contribution is 5.95. The van der Waals surface area contributed by atoms with E-state index in [1.165, 1.54) is 0 Å². The molecule has 0 aromatic heterocycles. The maximum atomic E-state index is 12.8. The van der Waals surface area contributed by atoms with Crippen molar-refractivity contribution < 1.29 is 9.53 Å². The van der Waals surface area contributed by atoms with Gasteiger partial charge in [0.05, 0.1) is 0 Å². The topological polar surface area (TPSA) is 38.3 Å². The summed E-state index contributed by atoms with van der Waals surface area (Å²) in [6, 6.07) is 12.2. The Kier molecular flexibility index (Phi) is 6.63. The van der Waals surface area contributed by atoms with Crippen molar-refractivity contribution >= 4 is 11.6 Å². The SMILES string of the molecule is CCc1cccc(CC)c1NC(=O)C(CC)Oc1cc(C)cc(C)c1. The van der Waals surface area contributed by atoms with Gasteiger partial charge in [-0.15, -0.1) is 0 Å². The lowest BCUT2D eigenvalue weighted by atomic mass is 10.0. The van der Waals surface area contributed by atoms with Crippen molar-refractivity contribution in [2.75, 3.05) is 5.32 Å². The molecule has 0 aliphatic rings. The van der Waals surface area contributed by atoms with Crippen LogP contribution in [-0.4, -0.2) is 12.0 Å². The molecule has 0 bridgehead atoms. The summed E-state index contributed by atoms with van der Waals surface area (Å²) in [5, 5.41) is 3.12. The number of amides is 1. The number of ether oxygens (including phenoxy) is 1. The molecule has 0 aliphatic carbocycles. The Labute approximate surface area is 151 Å². The maximum Gasteiger partial charge on any atom is 0.265 e. The van der Waals surface area contributed by atoms with Gasteiger partial charge in [0.15, 0.2) is 6.10 Å². The minimum Gasteiger partial charge on any atom is -0.481 e. The predicted molar refractivity (Wildman–Crippen MR) is 104 cm³/mol. The van der Waals surface area contributed by atoms with Gasteiger partial charge in [-0.1, -0.05) is 45.0 Å². The third-order valence-corrected chi connectivity index (χ3v) is 4.38. The Morgan fingerprint density at radius 1 is 1.00 bits per heavy atom. The molecular weight excluding hydrogens is 310 g/mol. The molecule has 0 radical (unpaired) electrons. The van der Waals surface area contributed by atoms with Crippen molar-refractivity contribution in [3.05, 3.63) is 58.7 Å². The molecule has 0 saturated carbocycles. The van der Waals surface area contributed by atoms with E-state index in [0.717, 1.165) is 46.5 Å². The first-order valence-electron chi connectivity index (χ1n) is 9.15. The van der Waals surface area contributed by atoms with E-state index >= 15 is 0 Å². The summed E-state index contributed by atoms with van der Waals surface area (Å²) in [7, 11) is 0. The number of carbonyl (C=O) groups is 1. The van der Waals surface area contributed by atoms with Gasteiger partial charge in [0, 0.05) is 5.69 Å². The fourth-order valence-corrected chi connectivity index (χ4v) is 3.09. The lowest BCUT2D eigenvalue weighted by Gasteiger charge is -2.20. The Morgan fingerprint density at radius 2 is 1.56 bits per heavy atom. The van der Waals surface area contributed by atoms with Crippen LogP contribution in [0.15, 0.2) is 36.4 Å². The predicted octanol–water partition coefficient (Wildman–Crippen LogP) is 5.22. The van der Waals surface area contributed by atoms with Gasteiger partial charge >= 0.3 is 0 Å². The average molecular weight is 339 g/mol. The second-order valence-electron chi connectivity index (χ2n) is 6.49. The number of hydrogen-bond donors (Lipinski definition) is 1. The van der Waals surface area contributed by atoms with Crippen LogP contribution in [-0.2, 0) is 17.6 Å². The number of carbonyl (C=O) groups excluding carboxylic acids is 1. The largest absolute Gasteiger partial charge is 0.481 e. The molecule has 2 rings (SSSR count). The minimum atomic E-state index is -0.504. The van der Waals surface area contributed by atoms with E-state index in [1.54, 1.807) is 0 Å². The zero-order valence-corrected chi connectivity index (χ0v) is 16.0. The summed E-state index contributed by atoms with van der Waals surface area (Å²) in [5.74, 6) is 0.663. The van der Waals surface area contributed by atoms with E-state index in [9.17, 15) is 4.79 Å². The molecule has 0 spiro atoms. The van der Waals surface area contributed by atoms with E-state index in [0.29, 0.717) is 6.42 Å². The van der Waals surface area contributed by atoms with Gasteiger partial charge in [-0.2, -0.15) is 0 Å². The number of anilines is 1. The van der Waals surface area contributed by atoms with Crippen molar-refractivity contribution in [3.8, 4) is 5.75 Å². The Bertz CT molecular complexity index is 694. The van der Waals surface area contributed by atoms with Crippen LogP contribution in [0.4, 0.5) is 5.69 Å². The third-order valence-electron chi connectivity index (χ3n) is 4.38. The van der Waals surface area contributed by atoms with Gasteiger partial charge in [0.1, 0.15) is 5.75 Å². The normalized spacial score (nSPS) is 11.9. The molecule has 2 aromatic rings. The van der Waals surface area contributed by atoms with Crippen LogP contribution >= 0.6 is 0 Å². The van der Waals surface area contributed by atoms with Gasteiger partial charge < -0.3 is 10.1 Å².